The number of hydrogen-bond donors (Lipinski definition) is 2. The molecule has 2 amide bonds. The van der Waals surface area contributed by atoms with Crippen molar-refractivity contribution in [1.82, 2.24) is 10.2 Å². The lowest BCUT2D eigenvalue weighted by Gasteiger charge is -2.35. The Morgan fingerprint density at radius 3 is 2.38 bits per heavy atom. The van der Waals surface area contributed by atoms with E-state index in [1.807, 2.05) is 7.05 Å². The van der Waals surface area contributed by atoms with Gasteiger partial charge in [-0.25, -0.2) is 4.79 Å². The molecule has 2 rings (SSSR count). The Labute approximate surface area is 133 Å². The van der Waals surface area contributed by atoms with Crippen molar-refractivity contribution in [3.8, 4) is 6.07 Å². The molecule has 2 N–H and O–H groups in total. The van der Waals surface area contributed by atoms with Gasteiger partial charge < -0.3 is 15.5 Å². The van der Waals surface area contributed by atoms with Gasteiger partial charge in [0.25, 0.3) is 0 Å². The van der Waals surface area contributed by atoms with E-state index in [4.69, 9.17) is 23.2 Å². The zero-order valence-electron chi connectivity index (χ0n) is 11.6. The molecule has 21 heavy (non-hydrogen) atoms. The average molecular weight is 327 g/mol. The zero-order valence-corrected chi connectivity index (χ0v) is 13.1. The van der Waals surface area contributed by atoms with E-state index < -0.39 is 11.6 Å². The number of amides is 2. The highest BCUT2D eigenvalue weighted by molar-refractivity contribution is 6.35. The Morgan fingerprint density at radius 1 is 1.29 bits per heavy atom. The number of nitrogens with zero attached hydrogens (tertiary/aromatic N) is 2. The van der Waals surface area contributed by atoms with E-state index in [-0.39, 0.29) is 0 Å². The van der Waals surface area contributed by atoms with Crippen LogP contribution >= 0.6 is 23.2 Å². The number of carbonyl (C=O) groups is 1. The summed E-state index contributed by atoms with van der Waals surface area (Å²) in [5.74, 6) is 0. The quantitative estimate of drug-likeness (QED) is 0.877. The second-order valence-corrected chi connectivity index (χ2v) is 6.11. The number of urea groups is 1. The van der Waals surface area contributed by atoms with Crippen LogP contribution in [0.5, 0.6) is 0 Å². The fourth-order valence-electron chi connectivity index (χ4n) is 2.27. The molecule has 0 atom stereocenters. The predicted molar refractivity (Wildman–Crippen MR) is 83.7 cm³/mol. The Hall–Kier alpha value is -1.48. The molecule has 0 aliphatic carbocycles. The Morgan fingerprint density at radius 2 is 1.86 bits per heavy atom. The van der Waals surface area contributed by atoms with E-state index in [0.717, 1.165) is 13.1 Å². The highest BCUT2D eigenvalue weighted by Crippen LogP contribution is 2.24. The molecule has 1 heterocycles. The van der Waals surface area contributed by atoms with E-state index >= 15 is 0 Å². The molecule has 0 spiro atoms. The Bertz CT molecular complexity index is 557. The second-order valence-electron chi connectivity index (χ2n) is 5.23. The van der Waals surface area contributed by atoms with Crippen LogP contribution in [0.25, 0.3) is 0 Å². The number of nitriles is 1. The normalized spacial score (nSPS) is 17.8. The summed E-state index contributed by atoms with van der Waals surface area (Å²) < 4.78 is 0. The van der Waals surface area contributed by atoms with Crippen molar-refractivity contribution in [2.45, 2.75) is 18.4 Å². The third kappa shape index (κ3) is 4.24. The van der Waals surface area contributed by atoms with Gasteiger partial charge in [-0.05, 0) is 38.1 Å². The van der Waals surface area contributed by atoms with Gasteiger partial charge in [-0.15, -0.1) is 0 Å². The fourth-order valence-corrected chi connectivity index (χ4v) is 2.80. The molecular weight excluding hydrogens is 311 g/mol. The topological polar surface area (TPSA) is 68.2 Å². The van der Waals surface area contributed by atoms with Crippen molar-refractivity contribution in [3.05, 3.63) is 28.2 Å². The summed E-state index contributed by atoms with van der Waals surface area (Å²) in [7, 11) is 2.00. The molecule has 1 saturated heterocycles. The molecule has 1 aliphatic rings. The van der Waals surface area contributed by atoms with Crippen LogP contribution in [0.2, 0.25) is 10.0 Å². The third-order valence-corrected chi connectivity index (χ3v) is 3.96. The highest BCUT2D eigenvalue weighted by Gasteiger charge is 2.35. The molecule has 1 aliphatic heterocycles. The smallest absolute Gasteiger partial charge is 0.319 e. The molecule has 1 aromatic carbocycles. The van der Waals surface area contributed by atoms with Crippen LogP contribution in [-0.2, 0) is 0 Å². The first-order chi connectivity index (χ1) is 9.92. The van der Waals surface area contributed by atoms with Gasteiger partial charge >= 0.3 is 6.03 Å². The van der Waals surface area contributed by atoms with Crippen LogP contribution in [0, 0.1) is 11.3 Å². The summed E-state index contributed by atoms with van der Waals surface area (Å²) in [6.45, 7) is 1.55. The standard InChI is InChI=1S/C14H16Cl2N4O/c1-20-4-2-14(9-17,3-5-20)19-13(21)18-12-7-10(15)6-11(16)8-12/h6-8H,2-5H2,1H3,(H2,18,19,21). The maximum Gasteiger partial charge on any atom is 0.320 e. The van der Waals surface area contributed by atoms with Gasteiger partial charge in [0.1, 0.15) is 5.54 Å². The van der Waals surface area contributed by atoms with Crippen LogP contribution < -0.4 is 10.6 Å². The molecular formula is C14H16Cl2N4O. The number of nitrogens with one attached hydrogen (secondary N) is 2. The predicted octanol–water partition coefficient (Wildman–Crippen LogP) is 3.10. The Balaban J connectivity index is 2.02. The molecule has 0 unspecified atom stereocenters. The average Bonchev–Trinajstić information content (AvgIpc) is 2.40. The van der Waals surface area contributed by atoms with Crippen LogP contribution in [0.4, 0.5) is 10.5 Å². The van der Waals surface area contributed by atoms with Crippen LogP contribution in [-0.4, -0.2) is 36.6 Å². The van der Waals surface area contributed by atoms with Crippen molar-refractivity contribution in [2.24, 2.45) is 0 Å². The van der Waals surface area contributed by atoms with E-state index in [0.29, 0.717) is 28.6 Å². The van der Waals surface area contributed by atoms with E-state index in [1.165, 1.54) is 0 Å². The highest BCUT2D eigenvalue weighted by atomic mass is 35.5. The molecule has 1 fully saturated rings. The fraction of sp³-hybridized carbons (Fsp3) is 0.429. The lowest BCUT2D eigenvalue weighted by atomic mass is 9.89. The summed E-state index contributed by atoms with van der Waals surface area (Å²) >= 11 is 11.8. The number of rotatable bonds is 2. The number of hydrogen-bond acceptors (Lipinski definition) is 3. The summed E-state index contributed by atoms with van der Waals surface area (Å²) in [5.41, 5.74) is -0.329. The minimum Gasteiger partial charge on any atom is -0.319 e. The molecule has 0 bridgehead atoms. The van der Waals surface area contributed by atoms with Crippen molar-refractivity contribution < 1.29 is 4.79 Å². The van der Waals surface area contributed by atoms with E-state index in [9.17, 15) is 10.1 Å². The molecule has 0 radical (unpaired) electrons. The molecule has 112 valence electrons. The van der Waals surface area contributed by atoms with Gasteiger partial charge in [-0.3, -0.25) is 0 Å². The van der Waals surface area contributed by atoms with Gasteiger partial charge in [0.15, 0.2) is 0 Å². The lowest BCUT2D eigenvalue weighted by molar-refractivity contribution is 0.193. The summed E-state index contributed by atoms with van der Waals surface area (Å²) in [5, 5.41) is 15.7. The van der Waals surface area contributed by atoms with Crippen molar-refractivity contribution >= 4 is 34.9 Å². The SMILES string of the molecule is CN1CCC(C#N)(NC(=O)Nc2cc(Cl)cc(Cl)c2)CC1. The third-order valence-electron chi connectivity index (χ3n) is 3.53. The summed E-state index contributed by atoms with van der Waals surface area (Å²) in [4.78, 5) is 14.2. The molecule has 0 saturated carbocycles. The number of carbonyl (C=O) groups excluding carboxylic acids is 1. The first-order valence-electron chi connectivity index (χ1n) is 6.57. The van der Waals surface area contributed by atoms with Gasteiger partial charge in [0.05, 0.1) is 6.07 Å². The molecule has 7 heteroatoms. The molecule has 0 aromatic heterocycles. The monoisotopic (exact) mass is 326 g/mol. The van der Waals surface area contributed by atoms with Crippen LogP contribution in [0.1, 0.15) is 12.8 Å². The second kappa shape index (κ2) is 6.52. The Kier molecular flexibility index (Phi) is 4.94. The van der Waals surface area contributed by atoms with E-state index in [2.05, 4.69) is 21.6 Å². The number of piperidine rings is 1. The van der Waals surface area contributed by atoms with Crippen molar-refractivity contribution in [2.75, 3.05) is 25.5 Å². The number of benzene rings is 1. The first kappa shape index (κ1) is 15.9. The van der Waals surface area contributed by atoms with Crippen molar-refractivity contribution in [3.63, 3.8) is 0 Å². The number of anilines is 1. The minimum absolute atomic E-state index is 0.431. The van der Waals surface area contributed by atoms with Crippen LogP contribution in [0.3, 0.4) is 0 Å². The van der Waals surface area contributed by atoms with Crippen LogP contribution in [0.15, 0.2) is 18.2 Å². The zero-order chi connectivity index (χ0) is 15.5. The minimum atomic E-state index is -0.820. The van der Waals surface area contributed by atoms with Gasteiger partial charge in [-0.1, -0.05) is 23.2 Å². The summed E-state index contributed by atoms with van der Waals surface area (Å²) in [6.07, 6.45) is 1.20. The van der Waals surface area contributed by atoms with Gasteiger partial charge in [0.2, 0.25) is 0 Å². The van der Waals surface area contributed by atoms with Gasteiger partial charge in [0, 0.05) is 28.8 Å². The number of likely N-dealkylation sites (tertiary alicyclic amines) is 1. The van der Waals surface area contributed by atoms with E-state index in [1.54, 1.807) is 18.2 Å². The number of halogens is 2. The summed E-state index contributed by atoms with van der Waals surface area (Å²) in [6, 6.07) is 6.57. The first-order valence-corrected chi connectivity index (χ1v) is 7.33. The van der Waals surface area contributed by atoms with Gasteiger partial charge in [-0.2, -0.15) is 5.26 Å². The largest absolute Gasteiger partial charge is 0.320 e. The van der Waals surface area contributed by atoms with Crippen molar-refractivity contribution in [1.29, 1.82) is 5.26 Å². The maximum absolute atomic E-state index is 12.1. The molecule has 1 aromatic rings. The molecule has 5 nitrogen and oxygen atoms in total. The lowest BCUT2D eigenvalue weighted by Crippen LogP contribution is -2.54. The maximum atomic E-state index is 12.1.